The first-order valence-corrected chi connectivity index (χ1v) is 6.36. The number of aryl methyl sites for hydroxylation is 1. The smallest absolute Gasteiger partial charge is 0.259 e. The largest absolute Gasteiger partial charge is 0.318 e. The number of halogens is 2. The van der Waals surface area contributed by atoms with Gasteiger partial charge in [0.05, 0.1) is 10.9 Å². The van der Waals surface area contributed by atoms with E-state index in [1.807, 2.05) is 0 Å². The molecule has 100 valence electrons. The molecule has 3 nitrogen and oxygen atoms in total. The van der Waals surface area contributed by atoms with E-state index in [-0.39, 0.29) is 10.7 Å². The van der Waals surface area contributed by atoms with Gasteiger partial charge < -0.3 is 4.57 Å². The Kier molecular flexibility index (Phi) is 3.03. The molecule has 3 aromatic rings. The highest BCUT2D eigenvalue weighted by Gasteiger charge is 2.12. The molecule has 2 aromatic heterocycles. The lowest BCUT2D eigenvalue weighted by Gasteiger charge is -2.08. The first kappa shape index (κ1) is 12.8. The summed E-state index contributed by atoms with van der Waals surface area (Å²) >= 11 is 6.12. The third-order valence-corrected chi connectivity index (χ3v) is 3.46. The first-order chi connectivity index (χ1) is 9.58. The average molecular weight is 289 g/mol. The van der Waals surface area contributed by atoms with Gasteiger partial charge in [-0.05, 0) is 18.2 Å². The van der Waals surface area contributed by atoms with Crippen LogP contribution in [-0.2, 0) is 7.05 Å². The minimum atomic E-state index is -0.400. The van der Waals surface area contributed by atoms with E-state index >= 15 is 0 Å². The highest BCUT2D eigenvalue weighted by Crippen LogP contribution is 2.30. The molecular formula is C15H10ClFN2O. The molecule has 0 saturated heterocycles. The highest BCUT2D eigenvalue weighted by molar-refractivity contribution is 6.32. The zero-order valence-corrected chi connectivity index (χ0v) is 11.4. The van der Waals surface area contributed by atoms with Gasteiger partial charge in [0.15, 0.2) is 0 Å². The zero-order chi connectivity index (χ0) is 14.3. The quantitative estimate of drug-likeness (QED) is 0.643. The molecule has 0 fully saturated rings. The molecule has 0 amide bonds. The lowest BCUT2D eigenvalue weighted by atomic mass is 10.1. The third kappa shape index (κ3) is 1.98. The molecule has 20 heavy (non-hydrogen) atoms. The SMILES string of the molecule is Cn1ccc2nc(Cl)c(-c3ccccc3F)cc2c1=O. The van der Waals surface area contributed by atoms with Crippen molar-refractivity contribution in [1.82, 2.24) is 9.55 Å². The van der Waals surface area contributed by atoms with Gasteiger partial charge in [-0.15, -0.1) is 0 Å². The van der Waals surface area contributed by atoms with Crippen molar-refractivity contribution in [3.8, 4) is 11.1 Å². The molecule has 1 aromatic carbocycles. The lowest BCUT2D eigenvalue weighted by molar-refractivity contribution is 0.631. The Morgan fingerprint density at radius 2 is 1.95 bits per heavy atom. The molecule has 0 N–H and O–H groups in total. The van der Waals surface area contributed by atoms with Crippen LogP contribution < -0.4 is 5.56 Å². The van der Waals surface area contributed by atoms with E-state index in [1.54, 1.807) is 43.6 Å². The van der Waals surface area contributed by atoms with Gasteiger partial charge in [0.1, 0.15) is 11.0 Å². The molecule has 0 aliphatic heterocycles. The number of pyridine rings is 2. The Hall–Kier alpha value is -2.20. The molecule has 0 bridgehead atoms. The predicted molar refractivity (Wildman–Crippen MR) is 77.4 cm³/mol. The van der Waals surface area contributed by atoms with Crippen LogP contribution in [0.2, 0.25) is 5.15 Å². The van der Waals surface area contributed by atoms with Crippen LogP contribution in [0.3, 0.4) is 0 Å². The fraction of sp³-hybridized carbons (Fsp3) is 0.0667. The van der Waals surface area contributed by atoms with Gasteiger partial charge in [-0.25, -0.2) is 9.37 Å². The van der Waals surface area contributed by atoms with Gasteiger partial charge in [0.25, 0.3) is 5.56 Å². The zero-order valence-electron chi connectivity index (χ0n) is 10.6. The van der Waals surface area contributed by atoms with E-state index in [2.05, 4.69) is 4.98 Å². The van der Waals surface area contributed by atoms with Crippen molar-refractivity contribution >= 4 is 22.5 Å². The van der Waals surface area contributed by atoms with Gasteiger partial charge in [-0.2, -0.15) is 0 Å². The van der Waals surface area contributed by atoms with Gasteiger partial charge in [0.2, 0.25) is 0 Å². The molecule has 0 atom stereocenters. The maximum atomic E-state index is 13.9. The number of hydrogen-bond donors (Lipinski definition) is 0. The number of fused-ring (bicyclic) bond motifs is 1. The summed E-state index contributed by atoms with van der Waals surface area (Å²) in [7, 11) is 1.65. The number of nitrogens with zero attached hydrogens (tertiary/aromatic N) is 2. The molecule has 0 radical (unpaired) electrons. The van der Waals surface area contributed by atoms with Crippen LogP contribution in [0.15, 0.2) is 47.4 Å². The minimum absolute atomic E-state index is 0.177. The second-order valence-corrected chi connectivity index (χ2v) is 4.83. The molecular weight excluding hydrogens is 279 g/mol. The summed E-state index contributed by atoms with van der Waals surface area (Å²) in [6.07, 6.45) is 1.62. The minimum Gasteiger partial charge on any atom is -0.318 e. The van der Waals surface area contributed by atoms with E-state index < -0.39 is 5.82 Å². The van der Waals surface area contributed by atoms with Crippen molar-refractivity contribution in [2.24, 2.45) is 7.05 Å². The normalized spacial score (nSPS) is 10.9. The fourth-order valence-electron chi connectivity index (χ4n) is 2.11. The Morgan fingerprint density at radius 3 is 2.70 bits per heavy atom. The van der Waals surface area contributed by atoms with Crippen molar-refractivity contribution < 1.29 is 4.39 Å². The summed E-state index contributed by atoms with van der Waals surface area (Å²) in [5, 5.41) is 0.591. The number of rotatable bonds is 1. The topological polar surface area (TPSA) is 34.9 Å². The Morgan fingerprint density at radius 1 is 1.20 bits per heavy atom. The van der Waals surface area contributed by atoms with Crippen molar-refractivity contribution in [2.45, 2.75) is 0 Å². The van der Waals surface area contributed by atoms with Gasteiger partial charge in [-0.1, -0.05) is 29.8 Å². The predicted octanol–water partition coefficient (Wildman–Crippen LogP) is 3.39. The van der Waals surface area contributed by atoms with Crippen LogP contribution in [0.25, 0.3) is 22.0 Å². The summed E-state index contributed by atoms with van der Waals surface area (Å²) in [5.41, 5.74) is 1.06. The van der Waals surface area contributed by atoms with Crippen molar-refractivity contribution in [3.05, 3.63) is 63.9 Å². The maximum absolute atomic E-state index is 13.9. The Labute approximate surface area is 119 Å². The van der Waals surface area contributed by atoms with Crippen molar-refractivity contribution in [2.75, 3.05) is 0 Å². The van der Waals surface area contributed by atoms with E-state index in [9.17, 15) is 9.18 Å². The molecule has 0 unspecified atom stereocenters. The van der Waals surface area contributed by atoms with Crippen LogP contribution in [0, 0.1) is 5.82 Å². The van der Waals surface area contributed by atoms with Crippen LogP contribution in [-0.4, -0.2) is 9.55 Å². The number of benzene rings is 1. The molecule has 0 saturated carbocycles. The molecule has 5 heteroatoms. The van der Waals surface area contributed by atoms with E-state index in [4.69, 9.17) is 11.6 Å². The second-order valence-electron chi connectivity index (χ2n) is 4.47. The summed E-state index contributed by atoms with van der Waals surface area (Å²) in [6.45, 7) is 0. The molecule has 0 spiro atoms. The van der Waals surface area contributed by atoms with Gasteiger partial charge >= 0.3 is 0 Å². The van der Waals surface area contributed by atoms with Crippen LogP contribution in [0.5, 0.6) is 0 Å². The highest BCUT2D eigenvalue weighted by atomic mass is 35.5. The summed E-state index contributed by atoms with van der Waals surface area (Å²) in [6, 6.07) is 9.55. The van der Waals surface area contributed by atoms with Crippen molar-refractivity contribution in [1.29, 1.82) is 0 Å². The van der Waals surface area contributed by atoms with E-state index in [0.29, 0.717) is 22.0 Å². The Balaban J connectivity index is 2.38. The summed E-state index contributed by atoms with van der Waals surface area (Å²) in [5.74, 6) is -0.400. The van der Waals surface area contributed by atoms with E-state index in [0.717, 1.165) is 0 Å². The molecule has 2 heterocycles. The summed E-state index contributed by atoms with van der Waals surface area (Å²) in [4.78, 5) is 16.3. The molecule has 0 aliphatic rings. The number of hydrogen-bond acceptors (Lipinski definition) is 2. The van der Waals surface area contributed by atoms with Crippen LogP contribution in [0.1, 0.15) is 0 Å². The maximum Gasteiger partial charge on any atom is 0.259 e. The number of aromatic nitrogens is 2. The van der Waals surface area contributed by atoms with Gasteiger partial charge in [0, 0.05) is 24.4 Å². The third-order valence-electron chi connectivity index (χ3n) is 3.18. The Bertz CT molecular complexity index is 873. The second kappa shape index (κ2) is 4.72. The molecule has 3 rings (SSSR count). The van der Waals surface area contributed by atoms with Gasteiger partial charge in [-0.3, -0.25) is 4.79 Å². The fourth-order valence-corrected chi connectivity index (χ4v) is 2.36. The van der Waals surface area contributed by atoms with Crippen molar-refractivity contribution in [3.63, 3.8) is 0 Å². The molecule has 0 aliphatic carbocycles. The van der Waals surface area contributed by atoms with E-state index in [1.165, 1.54) is 10.6 Å². The summed E-state index contributed by atoms with van der Waals surface area (Å²) < 4.78 is 15.3. The van der Waals surface area contributed by atoms with Crippen LogP contribution in [0.4, 0.5) is 4.39 Å². The average Bonchev–Trinajstić information content (AvgIpc) is 2.44. The first-order valence-electron chi connectivity index (χ1n) is 5.99. The monoisotopic (exact) mass is 288 g/mol. The standard InChI is InChI=1S/C15H10ClFN2O/c1-19-7-6-13-11(15(19)20)8-10(14(16)18-13)9-4-2-3-5-12(9)17/h2-8H,1H3. The van der Waals surface area contributed by atoms with Crippen LogP contribution >= 0.6 is 11.6 Å². The lowest BCUT2D eigenvalue weighted by Crippen LogP contribution is -2.16.